The molecule has 0 saturated heterocycles. The van der Waals surface area contributed by atoms with Gasteiger partial charge in [-0.25, -0.2) is 4.39 Å². The molecule has 3 aromatic rings. The number of carbonyl (C=O) groups excluding carboxylic acids is 1. The summed E-state index contributed by atoms with van der Waals surface area (Å²) in [5.74, 6) is -1.11. The standard InChI is InChI=1S/C24H24FN5O4/c25-21-8-5-18(13-20(21)23(31)26-19-6-7-19)17-3-1-16(2-4-17)14-28-9-10-29-15-22(30(32)33)27-24(29)34-12-11-28/h1-5,8,13,15,19H,6-7,9-12,14H2,(H,26,31). The van der Waals surface area contributed by atoms with Crippen LogP contribution in [0.15, 0.2) is 48.7 Å². The van der Waals surface area contributed by atoms with Gasteiger partial charge in [-0.15, -0.1) is 0 Å². The van der Waals surface area contributed by atoms with Crippen LogP contribution < -0.4 is 10.1 Å². The van der Waals surface area contributed by atoms with Gasteiger partial charge in [-0.2, -0.15) is 0 Å². The van der Waals surface area contributed by atoms with Gasteiger partial charge in [0.25, 0.3) is 5.91 Å². The van der Waals surface area contributed by atoms with Gasteiger partial charge in [-0.05, 0) is 46.6 Å². The van der Waals surface area contributed by atoms with E-state index < -0.39 is 10.7 Å². The van der Waals surface area contributed by atoms with Crippen LogP contribution in [0.25, 0.3) is 11.1 Å². The first-order valence-corrected chi connectivity index (χ1v) is 11.2. The highest BCUT2D eigenvalue weighted by Gasteiger charge is 2.25. The molecule has 5 rings (SSSR count). The first kappa shape index (κ1) is 22.0. The minimum absolute atomic E-state index is 0.0632. The maximum absolute atomic E-state index is 14.2. The maximum Gasteiger partial charge on any atom is 0.414 e. The van der Waals surface area contributed by atoms with Crippen LogP contribution in [0, 0.1) is 15.9 Å². The van der Waals surface area contributed by atoms with E-state index in [9.17, 15) is 19.3 Å². The lowest BCUT2D eigenvalue weighted by molar-refractivity contribution is -0.389. The molecule has 2 heterocycles. The van der Waals surface area contributed by atoms with Crippen molar-refractivity contribution in [3.05, 3.63) is 75.7 Å². The molecule has 1 amide bonds. The number of amides is 1. The molecule has 2 aliphatic rings. The molecular weight excluding hydrogens is 441 g/mol. The number of nitrogens with zero attached hydrogens (tertiary/aromatic N) is 4. The Morgan fingerprint density at radius 2 is 1.91 bits per heavy atom. The number of fused-ring (bicyclic) bond motifs is 1. The van der Waals surface area contributed by atoms with E-state index in [0.29, 0.717) is 32.8 Å². The van der Waals surface area contributed by atoms with Crippen molar-refractivity contribution in [2.45, 2.75) is 32.0 Å². The van der Waals surface area contributed by atoms with Crippen LogP contribution in [0.1, 0.15) is 28.8 Å². The van der Waals surface area contributed by atoms with Crippen molar-refractivity contribution in [2.75, 3.05) is 19.7 Å². The molecule has 1 N–H and O–H groups in total. The van der Waals surface area contributed by atoms with Gasteiger partial charge >= 0.3 is 11.8 Å². The third-order valence-corrected chi connectivity index (χ3v) is 6.03. The molecule has 1 fully saturated rings. The van der Waals surface area contributed by atoms with Gasteiger partial charge < -0.3 is 20.2 Å². The number of rotatable bonds is 6. The van der Waals surface area contributed by atoms with Gasteiger partial charge in [0, 0.05) is 37.2 Å². The summed E-state index contributed by atoms with van der Waals surface area (Å²) in [6.07, 6.45) is 3.29. The zero-order valence-corrected chi connectivity index (χ0v) is 18.4. The van der Waals surface area contributed by atoms with E-state index in [1.807, 2.05) is 24.3 Å². The Morgan fingerprint density at radius 3 is 2.65 bits per heavy atom. The van der Waals surface area contributed by atoms with Crippen LogP contribution in [0.5, 0.6) is 6.01 Å². The fraction of sp³-hybridized carbons (Fsp3) is 0.333. The van der Waals surface area contributed by atoms with E-state index in [2.05, 4.69) is 15.2 Å². The molecule has 0 bridgehead atoms. The van der Waals surface area contributed by atoms with Crippen molar-refractivity contribution < 1.29 is 18.8 Å². The monoisotopic (exact) mass is 465 g/mol. The number of nitro groups is 1. The van der Waals surface area contributed by atoms with E-state index >= 15 is 0 Å². The quantitative estimate of drug-likeness (QED) is 0.442. The predicted molar refractivity (Wildman–Crippen MR) is 122 cm³/mol. The lowest BCUT2D eigenvalue weighted by Gasteiger charge is -2.24. The van der Waals surface area contributed by atoms with Gasteiger partial charge in [0.2, 0.25) is 0 Å². The van der Waals surface area contributed by atoms with Gasteiger partial charge in [0.05, 0.1) is 5.56 Å². The molecule has 0 atom stereocenters. The van der Waals surface area contributed by atoms with E-state index in [1.54, 1.807) is 16.7 Å². The van der Waals surface area contributed by atoms with E-state index in [1.165, 1.54) is 12.3 Å². The van der Waals surface area contributed by atoms with Crippen LogP contribution in [-0.4, -0.2) is 51.0 Å². The average Bonchev–Trinajstić information content (AvgIpc) is 3.54. The van der Waals surface area contributed by atoms with Crippen molar-refractivity contribution >= 4 is 11.7 Å². The molecule has 176 valence electrons. The van der Waals surface area contributed by atoms with Gasteiger partial charge in [0.15, 0.2) is 0 Å². The Bertz CT molecular complexity index is 1220. The molecule has 1 aliphatic heterocycles. The van der Waals surface area contributed by atoms with E-state index in [0.717, 1.165) is 29.5 Å². The number of hydrogen-bond donors (Lipinski definition) is 1. The first-order chi connectivity index (χ1) is 16.5. The first-order valence-electron chi connectivity index (χ1n) is 11.2. The SMILES string of the molecule is O=C(NC1CC1)c1cc(-c2ccc(CN3CCOc4nc([N+](=O)[O-])cn4CC3)cc2)ccc1F. The molecule has 1 saturated carbocycles. The topological polar surface area (TPSA) is 103 Å². The van der Waals surface area contributed by atoms with Crippen molar-refractivity contribution in [1.82, 2.24) is 19.8 Å². The Kier molecular flexibility index (Phi) is 5.97. The third kappa shape index (κ3) is 4.91. The summed E-state index contributed by atoms with van der Waals surface area (Å²) in [7, 11) is 0. The summed E-state index contributed by atoms with van der Waals surface area (Å²) in [6.45, 7) is 2.97. The van der Waals surface area contributed by atoms with Crippen LogP contribution in [0.3, 0.4) is 0 Å². The minimum Gasteiger partial charge on any atom is -0.444 e. The summed E-state index contributed by atoms with van der Waals surface area (Å²) in [4.78, 5) is 28.9. The molecule has 2 aromatic carbocycles. The van der Waals surface area contributed by atoms with Gasteiger partial charge in [0.1, 0.15) is 18.6 Å². The second kappa shape index (κ2) is 9.22. The highest BCUT2D eigenvalue weighted by atomic mass is 19.1. The zero-order valence-electron chi connectivity index (χ0n) is 18.4. The number of nitrogens with one attached hydrogen (secondary N) is 1. The predicted octanol–water partition coefficient (Wildman–Crippen LogP) is 3.38. The Balaban J connectivity index is 1.24. The summed E-state index contributed by atoms with van der Waals surface area (Å²) in [5, 5.41) is 13.8. The summed E-state index contributed by atoms with van der Waals surface area (Å²) >= 11 is 0. The zero-order chi connectivity index (χ0) is 23.7. The lowest BCUT2D eigenvalue weighted by Crippen LogP contribution is -2.33. The molecule has 1 aromatic heterocycles. The van der Waals surface area contributed by atoms with E-state index in [4.69, 9.17) is 4.74 Å². The summed E-state index contributed by atoms with van der Waals surface area (Å²) in [5.41, 5.74) is 2.83. The molecule has 1 aliphatic carbocycles. The normalized spacial score (nSPS) is 16.1. The number of ether oxygens (including phenoxy) is 1. The van der Waals surface area contributed by atoms with Crippen LogP contribution in [-0.2, 0) is 13.1 Å². The smallest absolute Gasteiger partial charge is 0.414 e. The summed E-state index contributed by atoms with van der Waals surface area (Å²) < 4.78 is 21.5. The van der Waals surface area contributed by atoms with Crippen molar-refractivity contribution in [2.24, 2.45) is 0 Å². The van der Waals surface area contributed by atoms with Crippen LogP contribution >= 0.6 is 0 Å². The fourth-order valence-electron chi connectivity index (χ4n) is 3.96. The minimum atomic E-state index is -0.524. The second-order valence-electron chi connectivity index (χ2n) is 8.60. The number of hydrogen-bond acceptors (Lipinski definition) is 6. The number of benzene rings is 2. The van der Waals surface area contributed by atoms with Crippen molar-refractivity contribution in [3.63, 3.8) is 0 Å². The Morgan fingerprint density at radius 1 is 1.15 bits per heavy atom. The lowest BCUT2D eigenvalue weighted by atomic mass is 10.0. The van der Waals surface area contributed by atoms with Crippen LogP contribution in [0.4, 0.5) is 10.2 Å². The molecule has 9 nitrogen and oxygen atoms in total. The van der Waals surface area contributed by atoms with Gasteiger partial charge in [-0.1, -0.05) is 30.3 Å². The molecule has 34 heavy (non-hydrogen) atoms. The van der Waals surface area contributed by atoms with Crippen molar-refractivity contribution in [3.8, 4) is 17.1 Å². The number of halogens is 1. The average molecular weight is 465 g/mol. The Hall–Kier alpha value is -3.79. The number of imidazole rings is 1. The maximum atomic E-state index is 14.2. The van der Waals surface area contributed by atoms with E-state index in [-0.39, 0.29) is 29.3 Å². The number of aromatic nitrogens is 2. The molecular formula is C24H24FN5O4. The summed E-state index contributed by atoms with van der Waals surface area (Å²) in [6, 6.07) is 13.0. The number of carbonyl (C=O) groups is 1. The fourth-order valence-corrected chi connectivity index (χ4v) is 3.96. The Labute approximate surface area is 195 Å². The highest BCUT2D eigenvalue weighted by Crippen LogP contribution is 2.25. The van der Waals surface area contributed by atoms with Crippen molar-refractivity contribution in [1.29, 1.82) is 0 Å². The molecule has 0 unspecified atom stereocenters. The largest absolute Gasteiger partial charge is 0.444 e. The molecule has 0 spiro atoms. The van der Waals surface area contributed by atoms with Gasteiger partial charge in [-0.3, -0.25) is 14.3 Å². The highest BCUT2D eigenvalue weighted by molar-refractivity contribution is 5.96. The molecule has 0 radical (unpaired) electrons. The third-order valence-electron chi connectivity index (χ3n) is 6.03. The second-order valence-corrected chi connectivity index (χ2v) is 8.60. The van der Waals surface area contributed by atoms with Crippen LogP contribution in [0.2, 0.25) is 0 Å². The molecule has 10 heteroatoms.